The summed E-state index contributed by atoms with van der Waals surface area (Å²) in [5.41, 5.74) is 6.43. The number of fused-ring (bicyclic) bond motifs is 2. The lowest BCUT2D eigenvalue weighted by molar-refractivity contribution is 0.0651. The lowest BCUT2D eigenvalue weighted by Gasteiger charge is -2.13. The first-order valence-corrected chi connectivity index (χ1v) is 7.85. The Balaban J connectivity index is 1.79. The molecule has 6 nitrogen and oxygen atoms in total. The first kappa shape index (κ1) is 15.6. The molecule has 0 unspecified atom stereocenters. The van der Waals surface area contributed by atoms with Gasteiger partial charge in [-0.1, -0.05) is 12.8 Å². The molecule has 0 bridgehead atoms. The van der Waals surface area contributed by atoms with Crippen LogP contribution in [0.1, 0.15) is 73.5 Å². The highest BCUT2D eigenvalue weighted by Gasteiger charge is 2.39. The normalized spacial score (nSPS) is 16.3. The van der Waals surface area contributed by atoms with Crippen LogP contribution in [0.25, 0.3) is 0 Å². The number of benzene rings is 1. The van der Waals surface area contributed by atoms with E-state index in [-0.39, 0.29) is 52.1 Å². The number of amides is 2. The number of hydrogen-bond donors (Lipinski definition) is 1. The predicted octanol–water partition coefficient (Wildman–Crippen LogP) is 1.57. The molecule has 1 aliphatic heterocycles. The summed E-state index contributed by atoms with van der Waals surface area (Å²) in [6.07, 6.45) is 3.35. The van der Waals surface area contributed by atoms with E-state index in [0.29, 0.717) is 13.1 Å². The third kappa shape index (κ3) is 2.59. The van der Waals surface area contributed by atoms with E-state index in [1.165, 1.54) is 17.0 Å². The third-order valence-corrected chi connectivity index (χ3v) is 4.37. The van der Waals surface area contributed by atoms with E-state index in [1.54, 1.807) is 0 Å². The Hall–Kier alpha value is -2.34. The van der Waals surface area contributed by atoms with Gasteiger partial charge in [0, 0.05) is 17.7 Å². The van der Waals surface area contributed by atoms with Crippen molar-refractivity contribution < 1.29 is 19.2 Å². The molecule has 1 heterocycles. The fourth-order valence-corrected chi connectivity index (χ4v) is 3.11. The molecule has 0 aromatic heterocycles. The number of carbonyl (C=O) groups excluding carboxylic acids is 4. The average molecular weight is 314 g/mol. The van der Waals surface area contributed by atoms with Gasteiger partial charge in [-0.15, -0.1) is 0 Å². The summed E-state index contributed by atoms with van der Waals surface area (Å²) in [5.74, 6) is -1.32. The molecule has 1 aromatic carbocycles. The van der Waals surface area contributed by atoms with Crippen LogP contribution in [-0.2, 0) is 0 Å². The summed E-state index contributed by atoms with van der Waals surface area (Å²) in [6, 6.07) is 2.82. The van der Waals surface area contributed by atoms with Gasteiger partial charge >= 0.3 is 0 Å². The monoisotopic (exact) mass is 314 g/mol. The molecule has 0 spiro atoms. The first-order chi connectivity index (χ1) is 11.0. The summed E-state index contributed by atoms with van der Waals surface area (Å²) in [4.78, 5) is 49.6. The van der Waals surface area contributed by atoms with Gasteiger partial charge in [-0.2, -0.15) is 0 Å². The number of Topliss-reactive ketones (excluding diaryl/α,β-unsaturated/α-hetero) is 2. The van der Waals surface area contributed by atoms with E-state index in [4.69, 9.17) is 5.73 Å². The van der Waals surface area contributed by atoms with Crippen molar-refractivity contribution in [3.63, 3.8) is 0 Å². The molecule has 2 aliphatic rings. The highest BCUT2D eigenvalue weighted by atomic mass is 16.2. The van der Waals surface area contributed by atoms with Crippen molar-refractivity contribution in [2.75, 3.05) is 13.1 Å². The summed E-state index contributed by atoms with van der Waals surface area (Å²) in [7, 11) is 0. The molecular weight excluding hydrogens is 296 g/mol. The number of unbranched alkanes of at least 4 members (excludes halogenated alkanes) is 3. The zero-order valence-corrected chi connectivity index (χ0v) is 12.8. The van der Waals surface area contributed by atoms with Crippen molar-refractivity contribution in [2.24, 2.45) is 5.73 Å². The lowest BCUT2D eigenvalue weighted by atomic mass is 10.0. The Labute approximate surface area is 133 Å². The molecule has 0 atom stereocenters. The van der Waals surface area contributed by atoms with Gasteiger partial charge in [0.1, 0.15) is 0 Å². The summed E-state index contributed by atoms with van der Waals surface area (Å²) in [5, 5.41) is 0. The highest BCUT2D eigenvalue weighted by molar-refractivity contribution is 6.28. The zero-order valence-electron chi connectivity index (χ0n) is 12.8. The van der Waals surface area contributed by atoms with Crippen LogP contribution in [0.4, 0.5) is 0 Å². The van der Waals surface area contributed by atoms with E-state index >= 15 is 0 Å². The van der Waals surface area contributed by atoms with Crippen molar-refractivity contribution in [3.8, 4) is 0 Å². The van der Waals surface area contributed by atoms with Crippen LogP contribution in [0.5, 0.6) is 0 Å². The van der Waals surface area contributed by atoms with Crippen molar-refractivity contribution in [1.82, 2.24) is 4.90 Å². The van der Waals surface area contributed by atoms with Crippen LogP contribution in [0, 0.1) is 0 Å². The van der Waals surface area contributed by atoms with Gasteiger partial charge in [0.05, 0.1) is 17.5 Å². The van der Waals surface area contributed by atoms with Crippen molar-refractivity contribution >= 4 is 23.4 Å². The third-order valence-electron chi connectivity index (χ3n) is 4.37. The smallest absolute Gasteiger partial charge is 0.261 e. The minimum absolute atomic E-state index is 0.175. The van der Waals surface area contributed by atoms with Gasteiger partial charge < -0.3 is 5.73 Å². The molecule has 3 rings (SSSR count). The number of imide groups is 1. The number of carbonyl (C=O) groups is 4. The van der Waals surface area contributed by atoms with Crippen LogP contribution < -0.4 is 5.73 Å². The predicted molar refractivity (Wildman–Crippen MR) is 82.6 cm³/mol. The van der Waals surface area contributed by atoms with Crippen LogP contribution >= 0.6 is 0 Å². The molecule has 120 valence electrons. The zero-order chi connectivity index (χ0) is 16.6. The van der Waals surface area contributed by atoms with Crippen LogP contribution in [-0.4, -0.2) is 41.4 Å². The summed E-state index contributed by atoms with van der Waals surface area (Å²) < 4.78 is 0. The summed E-state index contributed by atoms with van der Waals surface area (Å²) >= 11 is 0. The van der Waals surface area contributed by atoms with E-state index in [1.807, 2.05) is 0 Å². The van der Waals surface area contributed by atoms with Crippen molar-refractivity contribution in [3.05, 3.63) is 34.4 Å². The van der Waals surface area contributed by atoms with Crippen LogP contribution in [0.2, 0.25) is 0 Å². The molecular formula is C17H18N2O4. The van der Waals surface area contributed by atoms with Crippen LogP contribution in [0.15, 0.2) is 12.1 Å². The molecule has 0 saturated carbocycles. The van der Waals surface area contributed by atoms with Gasteiger partial charge in [-0.05, 0) is 31.5 Å². The Morgan fingerprint density at radius 3 is 1.83 bits per heavy atom. The van der Waals surface area contributed by atoms with Crippen molar-refractivity contribution in [1.29, 1.82) is 0 Å². The highest BCUT2D eigenvalue weighted by Crippen LogP contribution is 2.31. The minimum atomic E-state index is -0.376. The fourth-order valence-electron chi connectivity index (χ4n) is 3.11. The quantitative estimate of drug-likeness (QED) is 0.488. The van der Waals surface area contributed by atoms with E-state index < -0.39 is 0 Å². The standard InChI is InChI=1S/C17H18N2O4/c18-5-3-1-2-4-6-19-16(22)12-7-10-11(8-13(12)17(19)23)15(21)9-14(10)20/h7-8H,1-6,9,18H2. The molecule has 0 saturated heterocycles. The fraction of sp³-hybridized carbons (Fsp3) is 0.412. The van der Waals surface area contributed by atoms with Gasteiger partial charge in [0.25, 0.3) is 11.8 Å². The molecule has 1 aliphatic carbocycles. The Bertz CT molecular complexity index is 671. The summed E-state index contributed by atoms with van der Waals surface area (Å²) in [6.45, 7) is 0.990. The maximum Gasteiger partial charge on any atom is 0.261 e. The number of hydrogen-bond acceptors (Lipinski definition) is 5. The second-order valence-electron chi connectivity index (χ2n) is 5.93. The molecule has 2 amide bonds. The second kappa shape index (κ2) is 6.04. The molecule has 0 radical (unpaired) electrons. The average Bonchev–Trinajstić information content (AvgIpc) is 2.94. The second-order valence-corrected chi connectivity index (χ2v) is 5.93. The number of nitrogens with two attached hydrogens (primary N) is 1. The van der Waals surface area contributed by atoms with E-state index in [0.717, 1.165) is 25.7 Å². The largest absolute Gasteiger partial charge is 0.330 e. The van der Waals surface area contributed by atoms with Gasteiger partial charge in [0.15, 0.2) is 11.6 Å². The molecule has 23 heavy (non-hydrogen) atoms. The maximum absolute atomic E-state index is 12.4. The van der Waals surface area contributed by atoms with Crippen molar-refractivity contribution in [2.45, 2.75) is 32.1 Å². The topological polar surface area (TPSA) is 97.5 Å². The van der Waals surface area contributed by atoms with Gasteiger partial charge in [0.2, 0.25) is 0 Å². The first-order valence-electron chi connectivity index (χ1n) is 7.85. The van der Waals surface area contributed by atoms with Crippen LogP contribution in [0.3, 0.4) is 0 Å². The number of nitrogens with zero attached hydrogens (tertiary/aromatic N) is 1. The Morgan fingerprint density at radius 2 is 1.30 bits per heavy atom. The van der Waals surface area contributed by atoms with Gasteiger partial charge in [-0.3, -0.25) is 24.1 Å². The Kier molecular flexibility index (Phi) is 4.09. The molecule has 0 fully saturated rings. The molecule has 6 heteroatoms. The minimum Gasteiger partial charge on any atom is -0.330 e. The van der Waals surface area contributed by atoms with E-state index in [2.05, 4.69) is 0 Å². The molecule has 2 N–H and O–H groups in total. The SMILES string of the molecule is NCCCCCCN1C(=O)c2cc3c(cc2C1=O)C(=O)CC3=O. The number of rotatable bonds is 6. The van der Waals surface area contributed by atoms with E-state index in [9.17, 15) is 19.2 Å². The number of ketones is 2. The molecule has 1 aromatic rings. The van der Waals surface area contributed by atoms with Gasteiger partial charge in [-0.25, -0.2) is 0 Å². The lowest BCUT2D eigenvalue weighted by Crippen LogP contribution is -2.30. The Morgan fingerprint density at radius 1 is 0.783 bits per heavy atom. The maximum atomic E-state index is 12.4.